The number of rotatable bonds is 4. The molecule has 15 heavy (non-hydrogen) atoms. The fourth-order valence-corrected chi connectivity index (χ4v) is 1.37. The summed E-state index contributed by atoms with van der Waals surface area (Å²) in [4.78, 5) is 13.3. The average Bonchev–Trinajstić information content (AvgIpc) is 2.63. The molecular formula is C11H18N2O2. The van der Waals surface area contributed by atoms with Crippen molar-refractivity contribution in [2.75, 3.05) is 13.1 Å². The van der Waals surface area contributed by atoms with Gasteiger partial charge in [0, 0.05) is 13.1 Å². The van der Waals surface area contributed by atoms with Crippen LogP contribution in [0.15, 0.2) is 16.5 Å². The summed E-state index contributed by atoms with van der Waals surface area (Å²) in [5.41, 5.74) is 0. The van der Waals surface area contributed by atoms with E-state index in [0.717, 1.165) is 24.6 Å². The Bertz CT molecular complexity index is 316. The Balaban J connectivity index is 2.40. The summed E-state index contributed by atoms with van der Waals surface area (Å²) in [7, 11) is 0. The average molecular weight is 210 g/mol. The van der Waals surface area contributed by atoms with Crippen LogP contribution >= 0.6 is 0 Å². The lowest BCUT2D eigenvalue weighted by atomic mass is 10.4. The SMILES string of the molecule is CCN(CC)C(=O)NCc1ccc(C)o1. The predicted molar refractivity (Wildman–Crippen MR) is 58.6 cm³/mol. The van der Waals surface area contributed by atoms with Gasteiger partial charge in [0.1, 0.15) is 11.5 Å². The molecule has 0 saturated carbocycles. The second-order valence-electron chi connectivity index (χ2n) is 3.34. The van der Waals surface area contributed by atoms with Crippen molar-refractivity contribution in [1.29, 1.82) is 0 Å². The van der Waals surface area contributed by atoms with Gasteiger partial charge in [-0.2, -0.15) is 0 Å². The van der Waals surface area contributed by atoms with Crippen molar-refractivity contribution in [2.45, 2.75) is 27.3 Å². The van der Waals surface area contributed by atoms with E-state index in [1.165, 1.54) is 0 Å². The molecule has 0 aromatic carbocycles. The second kappa shape index (κ2) is 5.44. The Hall–Kier alpha value is -1.45. The van der Waals surface area contributed by atoms with Crippen LogP contribution in [-0.4, -0.2) is 24.0 Å². The van der Waals surface area contributed by atoms with Crippen LogP contribution in [0.4, 0.5) is 4.79 Å². The van der Waals surface area contributed by atoms with E-state index in [1.807, 2.05) is 32.9 Å². The minimum absolute atomic E-state index is 0.0472. The number of nitrogens with zero attached hydrogens (tertiary/aromatic N) is 1. The van der Waals surface area contributed by atoms with E-state index in [-0.39, 0.29) is 6.03 Å². The van der Waals surface area contributed by atoms with E-state index in [0.29, 0.717) is 6.54 Å². The molecule has 84 valence electrons. The maximum Gasteiger partial charge on any atom is 0.317 e. The number of hydrogen-bond acceptors (Lipinski definition) is 2. The first-order chi connectivity index (χ1) is 7.17. The number of hydrogen-bond donors (Lipinski definition) is 1. The van der Waals surface area contributed by atoms with E-state index in [1.54, 1.807) is 4.90 Å². The van der Waals surface area contributed by atoms with Crippen molar-refractivity contribution in [3.63, 3.8) is 0 Å². The smallest absolute Gasteiger partial charge is 0.317 e. The lowest BCUT2D eigenvalue weighted by Crippen LogP contribution is -2.39. The van der Waals surface area contributed by atoms with Crippen LogP contribution in [0.1, 0.15) is 25.4 Å². The van der Waals surface area contributed by atoms with Gasteiger partial charge in [-0.3, -0.25) is 0 Å². The largest absolute Gasteiger partial charge is 0.465 e. The van der Waals surface area contributed by atoms with E-state index >= 15 is 0 Å². The molecule has 1 rings (SSSR count). The van der Waals surface area contributed by atoms with Crippen LogP contribution < -0.4 is 5.32 Å². The molecule has 1 N–H and O–H groups in total. The van der Waals surface area contributed by atoms with E-state index in [9.17, 15) is 4.79 Å². The van der Waals surface area contributed by atoms with Gasteiger partial charge in [0.2, 0.25) is 0 Å². The lowest BCUT2D eigenvalue weighted by molar-refractivity contribution is 0.202. The molecule has 0 aliphatic rings. The first kappa shape index (κ1) is 11.6. The third kappa shape index (κ3) is 3.31. The van der Waals surface area contributed by atoms with Gasteiger partial charge >= 0.3 is 6.03 Å². The Morgan fingerprint density at radius 3 is 2.53 bits per heavy atom. The van der Waals surface area contributed by atoms with E-state index in [4.69, 9.17) is 4.42 Å². The molecule has 4 heteroatoms. The molecule has 1 aromatic heterocycles. The van der Waals surface area contributed by atoms with Gasteiger partial charge < -0.3 is 14.6 Å². The maximum atomic E-state index is 11.6. The molecule has 1 heterocycles. The zero-order chi connectivity index (χ0) is 11.3. The van der Waals surface area contributed by atoms with Crippen molar-refractivity contribution in [3.8, 4) is 0 Å². The van der Waals surface area contributed by atoms with Crippen LogP contribution in [0, 0.1) is 6.92 Å². The van der Waals surface area contributed by atoms with Crippen LogP contribution in [0.3, 0.4) is 0 Å². The molecule has 4 nitrogen and oxygen atoms in total. The van der Waals surface area contributed by atoms with Crippen LogP contribution in [-0.2, 0) is 6.54 Å². The Morgan fingerprint density at radius 1 is 1.40 bits per heavy atom. The van der Waals surface area contributed by atoms with Crippen LogP contribution in [0.2, 0.25) is 0 Å². The van der Waals surface area contributed by atoms with Gasteiger partial charge in [0.25, 0.3) is 0 Å². The molecule has 0 atom stereocenters. The highest BCUT2D eigenvalue weighted by Gasteiger charge is 2.08. The third-order valence-electron chi connectivity index (χ3n) is 2.26. The second-order valence-corrected chi connectivity index (χ2v) is 3.34. The first-order valence-electron chi connectivity index (χ1n) is 5.25. The topological polar surface area (TPSA) is 45.5 Å². The fraction of sp³-hybridized carbons (Fsp3) is 0.545. The van der Waals surface area contributed by atoms with E-state index in [2.05, 4.69) is 5.32 Å². The highest BCUT2D eigenvalue weighted by molar-refractivity contribution is 5.73. The molecule has 0 aliphatic carbocycles. The Labute approximate surface area is 90.3 Å². The van der Waals surface area contributed by atoms with Gasteiger partial charge in [0.05, 0.1) is 6.54 Å². The monoisotopic (exact) mass is 210 g/mol. The molecule has 0 unspecified atom stereocenters. The molecule has 0 spiro atoms. The molecule has 0 fully saturated rings. The zero-order valence-corrected chi connectivity index (χ0v) is 9.54. The van der Waals surface area contributed by atoms with E-state index < -0.39 is 0 Å². The van der Waals surface area contributed by atoms with Crippen molar-refractivity contribution in [3.05, 3.63) is 23.7 Å². The van der Waals surface area contributed by atoms with Crippen molar-refractivity contribution >= 4 is 6.03 Å². The first-order valence-corrected chi connectivity index (χ1v) is 5.25. The maximum absolute atomic E-state index is 11.6. The standard InChI is InChI=1S/C11H18N2O2/c1-4-13(5-2)11(14)12-8-10-7-6-9(3)15-10/h6-7H,4-5,8H2,1-3H3,(H,12,14). The molecule has 0 aliphatic heterocycles. The van der Waals surface area contributed by atoms with Gasteiger partial charge in [-0.15, -0.1) is 0 Å². The third-order valence-corrected chi connectivity index (χ3v) is 2.26. The Morgan fingerprint density at radius 2 is 2.07 bits per heavy atom. The molecular weight excluding hydrogens is 192 g/mol. The fourth-order valence-electron chi connectivity index (χ4n) is 1.37. The van der Waals surface area contributed by atoms with Gasteiger partial charge in [-0.25, -0.2) is 4.79 Å². The van der Waals surface area contributed by atoms with Gasteiger partial charge in [-0.1, -0.05) is 0 Å². The summed E-state index contributed by atoms with van der Waals surface area (Å²) in [5, 5.41) is 2.81. The minimum Gasteiger partial charge on any atom is -0.465 e. The molecule has 0 bridgehead atoms. The van der Waals surface area contributed by atoms with Crippen molar-refractivity contribution < 1.29 is 9.21 Å². The van der Waals surface area contributed by atoms with Crippen LogP contribution in [0.5, 0.6) is 0 Å². The quantitative estimate of drug-likeness (QED) is 0.827. The minimum atomic E-state index is -0.0472. The number of carbonyl (C=O) groups excluding carboxylic acids is 1. The summed E-state index contributed by atoms with van der Waals surface area (Å²) in [6.45, 7) is 7.69. The summed E-state index contributed by atoms with van der Waals surface area (Å²) < 4.78 is 5.35. The van der Waals surface area contributed by atoms with Gasteiger partial charge in [0.15, 0.2) is 0 Å². The molecule has 1 aromatic rings. The summed E-state index contributed by atoms with van der Waals surface area (Å²) in [5.74, 6) is 1.65. The van der Waals surface area contributed by atoms with Crippen molar-refractivity contribution in [2.24, 2.45) is 0 Å². The van der Waals surface area contributed by atoms with Crippen LogP contribution in [0.25, 0.3) is 0 Å². The Kier molecular flexibility index (Phi) is 4.21. The van der Waals surface area contributed by atoms with Crippen molar-refractivity contribution in [1.82, 2.24) is 10.2 Å². The molecule has 2 amide bonds. The summed E-state index contributed by atoms with van der Waals surface area (Å²) in [6, 6.07) is 3.71. The molecule has 0 saturated heterocycles. The normalized spacial score (nSPS) is 10.1. The number of urea groups is 1. The number of nitrogens with one attached hydrogen (secondary N) is 1. The number of furan rings is 1. The highest BCUT2D eigenvalue weighted by Crippen LogP contribution is 2.05. The number of amides is 2. The number of carbonyl (C=O) groups is 1. The lowest BCUT2D eigenvalue weighted by Gasteiger charge is -2.18. The highest BCUT2D eigenvalue weighted by atomic mass is 16.3. The van der Waals surface area contributed by atoms with Gasteiger partial charge in [-0.05, 0) is 32.9 Å². The zero-order valence-electron chi connectivity index (χ0n) is 9.54. The predicted octanol–water partition coefficient (Wildman–Crippen LogP) is 2.14. The summed E-state index contributed by atoms with van der Waals surface area (Å²) >= 11 is 0. The summed E-state index contributed by atoms with van der Waals surface area (Å²) in [6.07, 6.45) is 0. The number of aryl methyl sites for hydroxylation is 1. The molecule has 0 radical (unpaired) electrons.